The molecule has 5 nitrogen and oxygen atoms in total. The number of nitrogens with zero attached hydrogens (tertiary/aromatic N) is 2. The Labute approximate surface area is 134 Å². The van der Waals surface area contributed by atoms with Crippen molar-refractivity contribution < 1.29 is 9.53 Å². The molecule has 1 heterocycles. The summed E-state index contributed by atoms with van der Waals surface area (Å²) in [7, 11) is 0. The maximum absolute atomic E-state index is 11.9. The van der Waals surface area contributed by atoms with Gasteiger partial charge in [0.15, 0.2) is 0 Å². The number of carbonyl (C=O) groups excluding carboxylic acids is 1. The first kappa shape index (κ1) is 16.4. The normalized spacial score (nSPS) is 10.5. The third-order valence-corrected chi connectivity index (χ3v) is 4.22. The van der Waals surface area contributed by atoms with Gasteiger partial charge in [-0.3, -0.25) is 4.79 Å². The van der Waals surface area contributed by atoms with Crippen LogP contribution < -0.4 is 10.1 Å². The van der Waals surface area contributed by atoms with Gasteiger partial charge in [-0.05, 0) is 37.5 Å². The van der Waals surface area contributed by atoms with Crippen LogP contribution in [0.25, 0.3) is 0 Å². The van der Waals surface area contributed by atoms with Crippen LogP contribution in [0.2, 0.25) is 0 Å². The average molecular weight is 319 g/mol. The number of hydrogen-bond donors (Lipinski definition) is 1. The number of benzene rings is 1. The van der Waals surface area contributed by atoms with E-state index in [4.69, 9.17) is 4.74 Å². The van der Waals surface area contributed by atoms with Crippen molar-refractivity contribution in [3.05, 3.63) is 34.3 Å². The van der Waals surface area contributed by atoms with Gasteiger partial charge >= 0.3 is 0 Å². The maximum Gasteiger partial charge on any atom is 0.229 e. The summed E-state index contributed by atoms with van der Waals surface area (Å²) in [6.45, 7) is 6.49. The fourth-order valence-electron chi connectivity index (χ4n) is 1.94. The van der Waals surface area contributed by atoms with E-state index in [9.17, 15) is 4.79 Å². The van der Waals surface area contributed by atoms with Crippen LogP contribution in [0.5, 0.6) is 5.75 Å². The molecule has 1 aromatic carbocycles. The number of amides is 1. The van der Waals surface area contributed by atoms with Gasteiger partial charge in [-0.2, -0.15) is 0 Å². The Morgan fingerprint density at radius 1 is 1.32 bits per heavy atom. The molecule has 118 valence electrons. The molecule has 0 aliphatic heterocycles. The standard InChI is InChI=1S/C16H21N3O2S/c1-4-6-15-18-19-16(22-15)17-14(20)9-10-21-13-8-5-7-11(2)12(13)3/h5,7-8H,4,6,9-10H2,1-3H3,(H,17,19,20). The second kappa shape index (κ2) is 7.89. The third kappa shape index (κ3) is 4.53. The van der Waals surface area contributed by atoms with E-state index < -0.39 is 0 Å². The van der Waals surface area contributed by atoms with Gasteiger partial charge in [0, 0.05) is 6.42 Å². The van der Waals surface area contributed by atoms with E-state index in [1.54, 1.807) is 0 Å². The largest absolute Gasteiger partial charge is 0.493 e. The van der Waals surface area contributed by atoms with Crippen molar-refractivity contribution >= 4 is 22.4 Å². The molecular weight excluding hydrogens is 298 g/mol. The molecule has 2 rings (SSSR count). The molecule has 0 fully saturated rings. The monoisotopic (exact) mass is 319 g/mol. The quantitative estimate of drug-likeness (QED) is 0.848. The van der Waals surface area contributed by atoms with Gasteiger partial charge in [0.1, 0.15) is 10.8 Å². The summed E-state index contributed by atoms with van der Waals surface area (Å²) in [5.74, 6) is 0.721. The van der Waals surface area contributed by atoms with Gasteiger partial charge < -0.3 is 10.1 Å². The second-order valence-electron chi connectivity index (χ2n) is 5.10. The SMILES string of the molecule is CCCc1nnc(NC(=O)CCOc2cccc(C)c2C)s1. The molecule has 0 radical (unpaired) electrons. The van der Waals surface area contributed by atoms with E-state index in [0.717, 1.165) is 29.2 Å². The lowest BCUT2D eigenvalue weighted by Gasteiger charge is -2.10. The molecule has 0 saturated carbocycles. The zero-order valence-corrected chi connectivity index (χ0v) is 14.0. The number of aryl methyl sites for hydroxylation is 2. The van der Waals surface area contributed by atoms with E-state index in [1.165, 1.54) is 16.9 Å². The first-order chi connectivity index (χ1) is 10.6. The van der Waals surface area contributed by atoms with Gasteiger partial charge in [0.2, 0.25) is 11.0 Å². The Kier molecular flexibility index (Phi) is 5.89. The lowest BCUT2D eigenvalue weighted by Crippen LogP contribution is -2.15. The maximum atomic E-state index is 11.9. The molecular formula is C16H21N3O2S. The first-order valence-corrected chi connectivity index (χ1v) is 8.23. The molecule has 0 aliphatic rings. The van der Waals surface area contributed by atoms with Gasteiger partial charge in [-0.1, -0.05) is 30.4 Å². The fourth-order valence-corrected chi connectivity index (χ4v) is 2.79. The molecule has 0 bridgehead atoms. The molecule has 0 atom stereocenters. The summed E-state index contributed by atoms with van der Waals surface area (Å²) in [6, 6.07) is 5.91. The summed E-state index contributed by atoms with van der Waals surface area (Å²) in [5.41, 5.74) is 2.29. The number of rotatable bonds is 7. The number of aromatic nitrogens is 2. The molecule has 22 heavy (non-hydrogen) atoms. The summed E-state index contributed by atoms with van der Waals surface area (Å²) in [5, 5.41) is 12.3. The van der Waals surface area contributed by atoms with E-state index in [2.05, 4.69) is 22.4 Å². The number of nitrogens with one attached hydrogen (secondary N) is 1. The van der Waals surface area contributed by atoms with Crippen LogP contribution in [-0.4, -0.2) is 22.7 Å². The Balaban J connectivity index is 1.79. The molecule has 1 amide bonds. The van der Waals surface area contributed by atoms with Crippen molar-refractivity contribution in [3.8, 4) is 5.75 Å². The Morgan fingerprint density at radius 2 is 2.14 bits per heavy atom. The zero-order chi connectivity index (χ0) is 15.9. The van der Waals surface area contributed by atoms with Crippen LogP contribution in [0.4, 0.5) is 5.13 Å². The highest BCUT2D eigenvalue weighted by Crippen LogP contribution is 2.21. The minimum Gasteiger partial charge on any atom is -0.493 e. The summed E-state index contributed by atoms with van der Waals surface area (Å²) >= 11 is 1.43. The molecule has 0 unspecified atom stereocenters. The number of ether oxygens (including phenoxy) is 1. The smallest absolute Gasteiger partial charge is 0.229 e. The molecule has 2 aromatic rings. The first-order valence-electron chi connectivity index (χ1n) is 7.41. The van der Waals surface area contributed by atoms with Crippen molar-refractivity contribution in [2.75, 3.05) is 11.9 Å². The lowest BCUT2D eigenvalue weighted by atomic mass is 10.1. The second-order valence-corrected chi connectivity index (χ2v) is 6.16. The summed E-state index contributed by atoms with van der Waals surface area (Å²) < 4.78 is 5.68. The van der Waals surface area contributed by atoms with Crippen LogP contribution in [0.3, 0.4) is 0 Å². The van der Waals surface area contributed by atoms with Gasteiger partial charge in [0.05, 0.1) is 13.0 Å². The average Bonchev–Trinajstić information content (AvgIpc) is 2.91. The third-order valence-electron chi connectivity index (χ3n) is 3.32. The Morgan fingerprint density at radius 3 is 2.91 bits per heavy atom. The molecule has 1 N–H and O–H groups in total. The van der Waals surface area contributed by atoms with E-state index >= 15 is 0 Å². The van der Waals surface area contributed by atoms with Crippen molar-refractivity contribution in [1.82, 2.24) is 10.2 Å². The molecule has 0 aliphatic carbocycles. The van der Waals surface area contributed by atoms with Crippen LogP contribution in [-0.2, 0) is 11.2 Å². The van der Waals surface area contributed by atoms with E-state index in [-0.39, 0.29) is 12.3 Å². The summed E-state index contributed by atoms with van der Waals surface area (Å²) in [6.07, 6.45) is 2.20. The van der Waals surface area contributed by atoms with Gasteiger partial charge in [-0.15, -0.1) is 10.2 Å². The van der Waals surface area contributed by atoms with E-state index in [1.807, 2.05) is 32.0 Å². The fraction of sp³-hybridized carbons (Fsp3) is 0.438. The predicted molar refractivity (Wildman–Crippen MR) is 88.6 cm³/mol. The minimum atomic E-state index is -0.107. The van der Waals surface area contributed by atoms with Crippen molar-refractivity contribution in [2.24, 2.45) is 0 Å². The van der Waals surface area contributed by atoms with E-state index in [0.29, 0.717) is 11.7 Å². The van der Waals surface area contributed by atoms with Crippen molar-refractivity contribution in [1.29, 1.82) is 0 Å². The highest BCUT2D eigenvalue weighted by Gasteiger charge is 2.09. The summed E-state index contributed by atoms with van der Waals surface area (Å²) in [4.78, 5) is 11.9. The highest BCUT2D eigenvalue weighted by atomic mass is 32.1. The Bertz CT molecular complexity index is 640. The predicted octanol–water partition coefficient (Wildman–Crippen LogP) is 3.52. The highest BCUT2D eigenvalue weighted by molar-refractivity contribution is 7.15. The topological polar surface area (TPSA) is 64.1 Å². The number of anilines is 1. The zero-order valence-electron chi connectivity index (χ0n) is 13.2. The van der Waals surface area contributed by atoms with Crippen LogP contribution in [0.15, 0.2) is 18.2 Å². The molecule has 0 saturated heterocycles. The lowest BCUT2D eigenvalue weighted by molar-refractivity contribution is -0.116. The number of hydrogen-bond acceptors (Lipinski definition) is 5. The molecule has 0 spiro atoms. The molecule has 6 heteroatoms. The number of carbonyl (C=O) groups is 1. The molecule has 1 aromatic heterocycles. The van der Waals surface area contributed by atoms with Crippen molar-refractivity contribution in [2.45, 2.75) is 40.0 Å². The van der Waals surface area contributed by atoms with Crippen LogP contribution >= 0.6 is 11.3 Å². The minimum absolute atomic E-state index is 0.107. The van der Waals surface area contributed by atoms with Gasteiger partial charge in [0.25, 0.3) is 0 Å². The Hall–Kier alpha value is -1.95. The van der Waals surface area contributed by atoms with Gasteiger partial charge in [-0.25, -0.2) is 0 Å². The van der Waals surface area contributed by atoms with Crippen LogP contribution in [0, 0.1) is 13.8 Å². The van der Waals surface area contributed by atoms with Crippen molar-refractivity contribution in [3.63, 3.8) is 0 Å². The van der Waals surface area contributed by atoms with Crippen LogP contribution in [0.1, 0.15) is 35.9 Å².